The van der Waals surface area contributed by atoms with E-state index < -0.39 is 0 Å². The second-order valence-corrected chi connectivity index (χ2v) is 3.64. The maximum Gasteiger partial charge on any atom is 0.310 e. The molecule has 17 heavy (non-hydrogen) atoms. The third-order valence-electron chi connectivity index (χ3n) is 2.57. The van der Waals surface area contributed by atoms with Crippen LogP contribution in [0.2, 0.25) is 0 Å². The minimum atomic E-state index is -0.385. The van der Waals surface area contributed by atoms with E-state index in [1.807, 2.05) is 13.0 Å². The lowest BCUT2D eigenvalue weighted by Gasteiger charge is -2.11. The van der Waals surface area contributed by atoms with E-state index in [-0.39, 0.29) is 19.0 Å². The normalized spacial score (nSPS) is 9.76. The third kappa shape index (κ3) is 3.05. The molecule has 0 aliphatic carbocycles. The van der Waals surface area contributed by atoms with Gasteiger partial charge in [0.25, 0.3) is 0 Å². The van der Waals surface area contributed by atoms with Crippen LogP contribution in [0.5, 0.6) is 0 Å². The number of nitriles is 1. The number of esters is 1. The second kappa shape index (κ2) is 6.02. The van der Waals surface area contributed by atoms with Crippen molar-refractivity contribution in [3.63, 3.8) is 0 Å². The zero-order chi connectivity index (χ0) is 12.8. The molecular weight excluding hydrogens is 218 g/mol. The van der Waals surface area contributed by atoms with Crippen molar-refractivity contribution in [1.82, 2.24) is 0 Å². The van der Waals surface area contributed by atoms with Gasteiger partial charge in [0.05, 0.1) is 31.3 Å². The molecule has 0 aliphatic rings. The fourth-order valence-electron chi connectivity index (χ4n) is 1.69. The van der Waals surface area contributed by atoms with Gasteiger partial charge in [0.2, 0.25) is 0 Å². The molecule has 0 amide bonds. The van der Waals surface area contributed by atoms with Crippen molar-refractivity contribution in [2.75, 3.05) is 6.61 Å². The Morgan fingerprint density at radius 2 is 2.18 bits per heavy atom. The zero-order valence-corrected chi connectivity index (χ0v) is 9.99. The topological polar surface area (TPSA) is 70.3 Å². The summed E-state index contributed by atoms with van der Waals surface area (Å²) in [4.78, 5) is 11.4. The molecule has 0 atom stereocenters. The average molecular weight is 233 g/mol. The van der Waals surface area contributed by atoms with Crippen molar-refractivity contribution in [3.8, 4) is 6.07 Å². The van der Waals surface area contributed by atoms with E-state index in [0.29, 0.717) is 23.3 Å². The molecule has 0 aliphatic heterocycles. The predicted octanol–water partition coefficient (Wildman–Crippen LogP) is 1.46. The van der Waals surface area contributed by atoms with E-state index in [4.69, 9.17) is 10.00 Å². The number of hydrogen-bond donors (Lipinski definition) is 1. The first-order valence-corrected chi connectivity index (χ1v) is 5.42. The molecule has 4 heteroatoms. The minimum Gasteiger partial charge on any atom is -0.466 e. The van der Waals surface area contributed by atoms with Gasteiger partial charge in [0.15, 0.2) is 0 Å². The molecule has 4 nitrogen and oxygen atoms in total. The largest absolute Gasteiger partial charge is 0.466 e. The van der Waals surface area contributed by atoms with Crippen molar-refractivity contribution < 1.29 is 14.6 Å². The SMILES string of the molecule is CCOC(=O)Cc1c(C#N)ccc(C)c1CO. The molecule has 0 saturated carbocycles. The second-order valence-electron chi connectivity index (χ2n) is 3.64. The van der Waals surface area contributed by atoms with Crippen molar-refractivity contribution >= 4 is 5.97 Å². The van der Waals surface area contributed by atoms with Crippen LogP contribution in [0.3, 0.4) is 0 Å². The van der Waals surface area contributed by atoms with E-state index in [2.05, 4.69) is 0 Å². The Balaban J connectivity index is 3.15. The summed E-state index contributed by atoms with van der Waals surface area (Å²) in [5.74, 6) is -0.385. The van der Waals surface area contributed by atoms with Crippen LogP contribution in [0.25, 0.3) is 0 Å². The average Bonchev–Trinajstić information content (AvgIpc) is 2.30. The molecule has 1 aromatic rings. The number of nitrogens with zero attached hydrogens (tertiary/aromatic N) is 1. The van der Waals surface area contributed by atoms with Crippen LogP contribution in [-0.2, 0) is 22.6 Å². The fourth-order valence-corrected chi connectivity index (χ4v) is 1.69. The van der Waals surface area contributed by atoms with Crippen LogP contribution in [-0.4, -0.2) is 17.7 Å². The van der Waals surface area contributed by atoms with Crippen LogP contribution < -0.4 is 0 Å². The van der Waals surface area contributed by atoms with Crippen molar-refractivity contribution in [2.24, 2.45) is 0 Å². The molecule has 0 unspecified atom stereocenters. The van der Waals surface area contributed by atoms with Crippen LogP contribution in [0, 0.1) is 18.3 Å². The number of aliphatic hydroxyl groups is 1. The number of aliphatic hydroxyl groups excluding tert-OH is 1. The van der Waals surface area contributed by atoms with Gasteiger partial charge in [-0.2, -0.15) is 5.26 Å². The number of benzene rings is 1. The van der Waals surface area contributed by atoms with E-state index in [0.717, 1.165) is 5.56 Å². The first kappa shape index (κ1) is 13.2. The zero-order valence-electron chi connectivity index (χ0n) is 9.99. The summed E-state index contributed by atoms with van der Waals surface area (Å²) in [7, 11) is 0. The molecule has 0 fully saturated rings. The molecule has 0 radical (unpaired) electrons. The van der Waals surface area contributed by atoms with Gasteiger partial charge in [0, 0.05) is 0 Å². The van der Waals surface area contributed by atoms with Crippen LogP contribution in [0.1, 0.15) is 29.2 Å². The first-order valence-electron chi connectivity index (χ1n) is 5.42. The summed E-state index contributed by atoms with van der Waals surface area (Å²) in [6, 6.07) is 5.44. The Kier molecular flexibility index (Phi) is 4.68. The van der Waals surface area contributed by atoms with Gasteiger partial charge in [-0.1, -0.05) is 6.07 Å². The first-order chi connectivity index (χ1) is 8.13. The van der Waals surface area contributed by atoms with E-state index in [1.54, 1.807) is 19.1 Å². The van der Waals surface area contributed by atoms with Gasteiger partial charge in [0.1, 0.15) is 0 Å². The van der Waals surface area contributed by atoms with E-state index in [1.165, 1.54) is 0 Å². The summed E-state index contributed by atoms with van der Waals surface area (Å²) in [5.41, 5.74) is 2.48. The highest BCUT2D eigenvalue weighted by Crippen LogP contribution is 2.20. The molecule has 1 aromatic carbocycles. The number of carbonyl (C=O) groups is 1. The van der Waals surface area contributed by atoms with Crippen LogP contribution >= 0.6 is 0 Å². The highest BCUT2D eigenvalue weighted by Gasteiger charge is 2.14. The summed E-state index contributed by atoms with van der Waals surface area (Å²) in [5, 5.41) is 18.3. The van der Waals surface area contributed by atoms with Crippen LogP contribution in [0.4, 0.5) is 0 Å². The highest BCUT2D eigenvalue weighted by molar-refractivity contribution is 5.74. The van der Waals surface area contributed by atoms with E-state index >= 15 is 0 Å². The summed E-state index contributed by atoms with van der Waals surface area (Å²) in [6.45, 7) is 3.69. The third-order valence-corrected chi connectivity index (χ3v) is 2.57. The Bertz CT molecular complexity index is 460. The lowest BCUT2D eigenvalue weighted by atomic mass is 9.95. The Morgan fingerprint density at radius 1 is 1.47 bits per heavy atom. The summed E-state index contributed by atoms with van der Waals surface area (Å²) in [6.07, 6.45) is 0.0221. The predicted molar refractivity (Wildman–Crippen MR) is 62.2 cm³/mol. The summed E-state index contributed by atoms with van der Waals surface area (Å²) >= 11 is 0. The van der Waals surface area contributed by atoms with Crippen LogP contribution in [0.15, 0.2) is 12.1 Å². The van der Waals surface area contributed by atoms with Gasteiger partial charge >= 0.3 is 5.97 Å². The van der Waals surface area contributed by atoms with Gasteiger partial charge in [-0.25, -0.2) is 0 Å². The lowest BCUT2D eigenvalue weighted by Crippen LogP contribution is -2.11. The Hall–Kier alpha value is -1.86. The van der Waals surface area contributed by atoms with Crippen molar-refractivity contribution in [1.29, 1.82) is 5.26 Å². The van der Waals surface area contributed by atoms with Crippen molar-refractivity contribution in [2.45, 2.75) is 26.9 Å². The quantitative estimate of drug-likeness (QED) is 0.799. The lowest BCUT2D eigenvalue weighted by molar-refractivity contribution is -0.142. The molecule has 0 heterocycles. The minimum absolute atomic E-state index is 0.0221. The molecule has 90 valence electrons. The molecule has 0 aromatic heterocycles. The monoisotopic (exact) mass is 233 g/mol. The van der Waals surface area contributed by atoms with Gasteiger partial charge in [-0.3, -0.25) is 4.79 Å². The van der Waals surface area contributed by atoms with Gasteiger partial charge < -0.3 is 9.84 Å². The maximum absolute atomic E-state index is 11.4. The molecule has 0 spiro atoms. The fraction of sp³-hybridized carbons (Fsp3) is 0.385. The standard InChI is InChI=1S/C13H15NO3/c1-3-17-13(16)6-11-10(7-14)5-4-9(2)12(11)8-15/h4-5,15H,3,6,8H2,1-2H3. The number of carbonyl (C=O) groups excluding carboxylic acids is 1. The maximum atomic E-state index is 11.4. The van der Waals surface area contributed by atoms with Gasteiger partial charge in [-0.05, 0) is 36.6 Å². The number of ether oxygens (including phenoxy) is 1. The van der Waals surface area contributed by atoms with E-state index in [9.17, 15) is 9.90 Å². The molecule has 0 bridgehead atoms. The smallest absolute Gasteiger partial charge is 0.310 e. The highest BCUT2D eigenvalue weighted by atomic mass is 16.5. The molecule has 0 saturated heterocycles. The number of hydrogen-bond acceptors (Lipinski definition) is 4. The number of aryl methyl sites for hydroxylation is 1. The number of rotatable bonds is 4. The molecule has 1 rings (SSSR count). The Labute approximate surface area is 100 Å². The van der Waals surface area contributed by atoms with Gasteiger partial charge in [-0.15, -0.1) is 0 Å². The molecular formula is C13H15NO3. The van der Waals surface area contributed by atoms with Crippen molar-refractivity contribution in [3.05, 3.63) is 34.4 Å². The Morgan fingerprint density at radius 3 is 2.71 bits per heavy atom. The summed E-state index contributed by atoms with van der Waals surface area (Å²) < 4.78 is 4.85. The molecule has 1 N–H and O–H groups in total.